The number of rotatable bonds is 1. The minimum absolute atomic E-state index is 0.289. The molecule has 0 saturated carbocycles. The standard InChI is InChI=1S/C15H12FNO/c1-9-6-10(2)14-13(7-9)18-15(17-14)11-4-3-5-12(16)8-11/h3-8H,1-2H3. The van der Waals surface area contributed by atoms with Crippen molar-refractivity contribution in [1.82, 2.24) is 4.98 Å². The fourth-order valence-corrected chi connectivity index (χ4v) is 2.12. The molecular weight excluding hydrogens is 229 g/mol. The second kappa shape index (κ2) is 3.95. The van der Waals surface area contributed by atoms with Gasteiger partial charge in [-0.3, -0.25) is 0 Å². The highest BCUT2D eigenvalue weighted by molar-refractivity contribution is 5.80. The highest BCUT2D eigenvalue weighted by atomic mass is 19.1. The summed E-state index contributed by atoms with van der Waals surface area (Å²) in [6.45, 7) is 4.00. The van der Waals surface area contributed by atoms with E-state index in [0.29, 0.717) is 11.5 Å². The molecule has 0 saturated heterocycles. The molecule has 18 heavy (non-hydrogen) atoms. The quantitative estimate of drug-likeness (QED) is 0.636. The summed E-state index contributed by atoms with van der Waals surface area (Å²) in [6, 6.07) is 10.3. The van der Waals surface area contributed by atoms with Gasteiger partial charge >= 0.3 is 0 Å². The van der Waals surface area contributed by atoms with E-state index >= 15 is 0 Å². The predicted octanol–water partition coefficient (Wildman–Crippen LogP) is 4.25. The van der Waals surface area contributed by atoms with E-state index in [1.165, 1.54) is 12.1 Å². The number of aromatic nitrogens is 1. The summed E-state index contributed by atoms with van der Waals surface area (Å²) in [6.07, 6.45) is 0. The van der Waals surface area contributed by atoms with Crippen LogP contribution in [0, 0.1) is 19.7 Å². The van der Waals surface area contributed by atoms with E-state index in [4.69, 9.17) is 4.42 Å². The lowest BCUT2D eigenvalue weighted by Gasteiger charge is -1.94. The molecular formula is C15H12FNO. The Morgan fingerprint density at radius 1 is 1.11 bits per heavy atom. The van der Waals surface area contributed by atoms with Crippen LogP contribution in [0.4, 0.5) is 4.39 Å². The Morgan fingerprint density at radius 3 is 2.72 bits per heavy atom. The van der Waals surface area contributed by atoms with Gasteiger partial charge in [0.2, 0.25) is 5.89 Å². The van der Waals surface area contributed by atoms with Crippen molar-refractivity contribution in [2.24, 2.45) is 0 Å². The van der Waals surface area contributed by atoms with E-state index in [-0.39, 0.29) is 5.82 Å². The molecule has 0 radical (unpaired) electrons. The van der Waals surface area contributed by atoms with Crippen LogP contribution >= 0.6 is 0 Å². The Labute approximate surface area is 104 Å². The first-order chi connectivity index (χ1) is 8.63. The number of hydrogen-bond donors (Lipinski definition) is 0. The summed E-state index contributed by atoms with van der Waals surface area (Å²) in [4.78, 5) is 4.43. The monoisotopic (exact) mass is 241 g/mol. The number of fused-ring (bicyclic) bond motifs is 1. The maximum Gasteiger partial charge on any atom is 0.227 e. The Hall–Kier alpha value is -2.16. The first kappa shape index (κ1) is 11.0. The van der Waals surface area contributed by atoms with Crippen LogP contribution in [0.5, 0.6) is 0 Å². The summed E-state index contributed by atoms with van der Waals surface area (Å²) < 4.78 is 18.9. The summed E-state index contributed by atoms with van der Waals surface area (Å²) in [5.41, 5.74) is 4.42. The molecule has 3 rings (SSSR count). The van der Waals surface area contributed by atoms with Gasteiger partial charge in [0.15, 0.2) is 5.58 Å². The second-order valence-corrected chi connectivity index (χ2v) is 4.46. The largest absolute Gasteiger partial charge is 0.436 e. The molecule has 90 valence electrons. The molecule has 0 atom stereocenters. The Bertz CT molecular complexity index is 730. The zero-order valence-corrected chi connectivity index (χ0v) is 10.2. The summed E-state index contributed by atoms with van der Waals surface area (Å²) in [7, 11) is 0. The van der Waals surface area contributed by atoms with E-state index < -0.39 is 0 Å². The lowest BCUT2D eigenvalue weighted by Crippen LogP contribution is -1.80. The highest BCUT2D eigenvalue weighted by Crippen LogP contribution is 2.27. The fourth-order valence-electron chi connectivity index (χ4n) is 2.12. The first-order valence-corrected chi connectivity index (χ1v) is 5.77. The molecule has 3 aromatic rings. The van der Waals surface area contributed by atoms with Gasteiger partial charge in [-0.15, -0.1) is 0 Å². The Kier molecular flexibility index (Phi) is 2.40. The van der Waals surface area contributed by atoms with Crippen LogP contribution in [0.15, 0.2) is 40.8 Å². The van der Waals surface area contributed by atoms with E-state index in [1.54, 1.807) is 12.1 Å². The zero-order chi connectivity index (χ0) is 12.7. The van der Waals surface area contributed by atoms with Gasteiger partial charge in [-0.1, -0.05) is 12.1 Å². The van der Waals surface area contributed by atoms with Crippen molar-refractivity contribution >= 4 is 11.1 Å². The number of hydrogen-bond acceptors (Lipinski definition) is 2. The minimum Gasteiger partial charge on any atom is -0.436 e. The Balaban J connectivity index is 2.22. The highest BCUT2D eigenvalue weighted by Gasteiger charge is 2.10. The summed E-state index contributed by atoms with van der Waals surface area (Å²) in [5.74, 6) is 0.167. The molecule has 1 heterocycles. The van der Waals surface area contributed by atoms with E-state index in [0.717, 1.165) is 22.2 Å². The van der Waals surface area contributed by atoms with Crippen molar-refractivity contribution in [2.45, 2.75) is 13.8 Å². The number of halogens is 1. The number of oxazole rings is 1. The smallest absolute Gasteiger partial charge is 0.227 e. The number of aryl methyl sites for hydroxylation is 2. The van der Waals surface area contributed by atoms with Gasteiger partial charge in [0.1, 0.15) is 11.3 Å². The average molecular weight is 241 g/mol. The van der Waals surface area contributed by atoms with Gasteiger partial charge in [0.25, 0.3) is 0 Å². The van der Waals surface area contributed by atoms with Crippen LogP contribution in [-0.4, -0.2) is 4.98 Å². The van der Waals surface area contributed by atoms with Crippen molar-refractivity contribution in [2.75, 3.05) is 0 Å². The van der Waals surface area contributed by atoms with Crippen molar-refractivity contribution < 1.29 is 8.81 Å². The molecule has 0 unspecified atom stereocenters. The lowest BCUT2D eigenvalue weighted by molar-refractivity contribution is 0.611. The fraction of sp³-hybridized carbons (Fsp3) is 0.133. The van der Waals surface area contributed by atoms with Crippen LogP contribution < -0.4 is 0 Å². The molecule has 0 aliphatic carbocycles. The zero-order valence-electron chi connectivity index (χ0n) is 10.2. The van der Waals surface area contributed by atoms with Gasteiger partial charge < -0.3 is 4.42 Å². The molecule has 2 nitrogen and oxygen atoms in total. The average Bonchev–Trinajstić information content (AvgIpc) is 2.73. The second-order valence-electron chi connectivity index (χ2n) is 4.46. The topological polar surface area (TPSA) is 26.0 Å². The predicted molar refractivity (Wildman–Crippen MR) is 68.9 cm³/mol. The maximum atomic E-state index is 13.2. The van der Waals surface area contributed by atoms with Crippen LogP contribution in [0.3, 0.4) is 0 Å². The van der Waals surface area contributed by atoms with Gasteiger partial charge in [0, 0.05) is 5.56 Å². The van der Waals surface area contributed by atoms with Crippen molar-refractivity contribution in [1.29, 1.82) is 0 Å². The van der Waals surface area contributed by atoms with Crippen molar-refractivity contribution in [3.8, 4) is 11.5 Å². The Morgan fingerprint density at radius 2 is 1.94 bits per heavy atom. The van der Waals surface area contributed by atoms with E-state index in [9.17, 15) is 4.39 Å². The molecule has 2 aromatic carbocycles. The van der Waals surface area contributed by atoms with Crippen LogP contribution in [-0.2, 0) is 0 Å². The molecule has 1 aromatic heterocycles. The maximum absolute atomic E-state index is 13.2. The van der Waals surface area contributed by atoms with Crippen molar-refractivity contribution in [3.63, 3.8) is 0 Å². The molecule has 0 fully saturated rings. The van der Waals surface area contributed by atoms with E-state index in [2.05, 4.69) is 11.1 Å². The third kappa shape index (κ3) is 1.78. The minimum atomic E-state index is -0.289. The van der Waals surface area contributed by atoms with Crippen LogP contribution in [0.1, 0.15) is 11.1 Å². The normalized spacial score (nSPS) is 11.1. The van der Waals surface area contributed by atoms with Gasteiger partial charge in [-0.2, -0.15) is 0 Å². The molecule has 0 N–H and O–H groups in total. The molecule has 3 heteroatoms. The van der Waals surface area contributed by atoms with Crippen LogP contribution in [0.2, 0.25) is 0 Å². The third-order valence-electron chi connectivity index (χ3n) is 2.90. The molecule has 0 aliphatic heterocycles. The lowest BCUT2D eigenvalue weighted by atomic mass is 10.1. The third-order valence-corrected chi connectivity index (χ3v) is 2.90. The van der Waals surface area contributed by atoms with E-state index in [1.807, 2.05) is 19.9 Å². The number of nitrogens with zero attached hydrogens (tertiary/aromatic N) is 1. The van der Waals surface area contributed by atoms with Gasteiger partial charge in [-0.25, -0.2) is 9.37 Å². The molecule has 0 spiro atoms. The molecule has 0 bridgehead atoms. The summed E-state index contributed by atoms with van der Waals surface area (Å²) in [5, 5.41) is 0. The van der Waals surface area contributed by atoms with Gasteiger partial charge in [0.05, 0.1) is 0 Å². The van der Waals surface area contributed by atoms with Crippen LogP contribution in [0.25, 0.3) is 22.6 Å². The van der Waals surface area contributed by atoms with Crippen molar-refractivity contribution in [3.05, 3.63) is 53.3 Å². The number of benzene rings is 2. The summed E-state index contributed by atoms with van der Waals surface area (Å²) >= 11 is 0. The molecule has 0 amide bonds. The molecule has 0 aliphatic rings. The van der Waals surface area contributed by atoms with Gasteiger partial charge in [-0.05, 0) is 49.2 Å². The SMILES string of the molecule is Cc1cc(C)c2nc(-c3cccc(F)c3)oc2c1. The first-order valence-electron chi connectivity index (χ1n) is 5.77.